The number of hydrogen-bond acceptors (Lipinski definition) is 3. The standard InChI is InChI=1S/C22H27N3O/c26-22(18-9-5-2-6-10-18)24-21-14-23-13-19-16-25(12-11-20(19)21)15-17-7-3-1-4-8-17/h1,3-4,7-8,13-14,18H,2,5-6,9-12,15-16H2,(H,24,26). The van der Waals surface area contributed by atoms with Crippen molar-refractivity contribution in [3.8, 4) is 0 Å². The highest BCUT2D eigenvalue weighted by Crippen LogP contribution is 2.29. The minimum absolute atomic E-state index is 0.178. The van der Waals surface area contributed by atoms with Crippen LogP contribution in [0.1, 0.15) is 48.8 Å². The Labute approximate surface area is 155 Å². The van der Waals surface area contributed by atoms with Gasteiger partial charge in [0.25, 0.3) is 0 Å². The highest BCUT2D eigenvalue weighted by Gasteiger charge is 2.24. The third kappa shape index (κ3) is 3.96. The zero-order chi connectivity index (χ0) is 17.8. The number of fused-ring (bicyclic) bond motifs is 1. The van der Waals surface area contributed by atoms with Crippen LogP contribution in [0, 0.1) is 5.92 Å². The lowest BCUT2D eigenvalue weighted by Crippen LogP contribution is -2.31. The predicted molar refractivity (Wildman–Crippen MR) is 104 cm³/mol. The second kappa shape index (κ2) is 8.00. The molecule has 26 heavy (non-hydrogen) atoms. The minimum Gasteiger partial charge on any atom is -0.324 e. The Balaban J connectivity index is 1.44. The lowest BCUT2D eigenvalue weighted by Gasteiger charge is -2.30. The Morgan fingerprint density at radius 2 is 1.92 bits per heavy atom. The number of benzene rings is 1. The van der Waals surface area contributed by atoms with Crippen LogP contribution in [0.5, 0.6) is 0 Å². The van der Waals surface area contributed by atoms with Crippen LogP contribution in [0.3, 0.4) is 0 Å². The number of amides is 1. The van der Waals surface area contributed by atoms with Crippen LogP contribution >= 0.6 is 0 Å². The van der Waals surface area contributed by atoms with E-state index in [0.29, 0.717) is 0 Å². The summed E-state index contributed by atoms with van der Waals surface area (Å²) in [5.74, 6) is 0.365. The van der Waals surface area contributed by atoms with Crippen LogP contribution in [0.4, 0.5) is 5.69 Å². The summed E-state index contributed by atoms with van der Waals surface area (Å²) < 4.78 is 0. The number of pyridine rings is 1. The SMILES string of the molecule is O=C(Nc1cncc2c1CCN(Cc1ccccc1)C2)C1CCCCC1. The lowest BCUT2D eigenvalue weighted by molar-refractivity contribution is -0.120. The van der Waals surface area contributed by atoms with Crippen molar-refractivity contribution in [3.63, 3.8) is 0 Å². The predicted octanol–water partition coefficient (Wildman–Crippen LogP) is 4.16. The van der Waals surface area contributed by atoms with Gasteiger partial charge in [-0.1, -0.05) is 49.6 Å². The molecule has 0 radical (unpaired) electrons. The third-order valence-corrected chi connectivity index (χ3v) is 5.70. The molecule has 136 valence electrons. The van der Waals surface area contributed by atoms with Crippen LogP contribution in [0.2, 0.25) is 0 Å². The zero-order valence-corrected chi connectivity index (χ0v) is 15.3. The fourth-order valence-electron chi connectivity index (χ4n) is 4.24. The summed E-state index contributed by atoms with van der Waals surface area (Å²) in [5, 5.41) is 3.18. The van der Waals surface area contributed by atoms with Crippen LogP contribution < -0.4 is 5.32 Å². The van der Waals surface area contributed by atoms with Gasteiger partial charge >= 0.3 is 0 Å². The number of nitrogens with zero attached hydrogens (tertiary/aromatic N) is 2. The summed E-state index contributed by atoms with van der Waals surface area (Å²) in [4.78, 5) is 19.5. The van der Waals surface area contributed by atoms with Crippen LogP contribution in [0.15, 0.2) is 42.7 Å². The zero-order valence-electron chi connectivity index (χ0n) is 15.3. The van der Waals surface area contributed by atoms with Gasteiger partial charge in [0, 0.05) is 31.7 Å². The van der Waals surface area contributed by atoms with Crippen LogP contribution in [-0.2, 0) is 24.3 Å². The molecule has 1 N–H and O–H groups in total. The molecular weight excluding hydrogens is 322 g/mol. The molecule has 2 aliphatic rings. The number of carbonyl (C=O) groups is 1. The summed E-state index contributed by atoms with van der Waals surface area (Å²) in [6.07, 6.45) is 10.4. The molecule has 0 spiro atoms. The molecule has 1 saturated carbocycles. The molecule has 4 rings (SSSR count). The van der Waals surface area contributed by atoms with Gasteiger partial charge in [0.2, 0.25) is 5.91 Å². The van der Waals surface area contributed by atoms with Crippen molar-refractivity contribution < 1.29 is 4.79 Å². The van der Waals surface area contributed by atoms with Crippen molar-refractivity contribution in [1.82, 2.24) is 9.88 Å². The Hall–Kier alpha value is -2.20. The van der Waals surface area contributed by atoms with E-state index in [9.17, 15) is 4.79 Å². The normalized spacial score (nSPS) is 18.3. The van der Waals surface area contributed by atoms with E-state index in [1.165, 1.54) is 36.0 Å². The number of carbonyl (C=O) groups excluding carboxylic acids is 1. The molecule has 1 aromatic heterocycles. The summed E-state index contributed by atoms with van der Waals surface area (Å²) >= 11 is 0. The van der Waals surface area contributed by atoms with Crippen molar-refractivity contribution in [2.75, 3.05) is 11.9 Å². The monoisotopic (exact) mass is 349 g/mol. The molecule has 0 unspecified atom stereocenters. The van der Waals surface area contributed by atoms with Gasteiger partial charge in [0.05, 0.1) is 11.9 Å². The maximum absolute atomic E-state index is 12.6. The van der Waals surface area contributed by atoms with Gasteiger partial charge in [-0.05, 0) is 36.0 Å². The van der Waals surface area contributed by atoms with E-state index in [2.05, 4.69) is 45.5 Å². The smallest absolute Gasteiger partial charge is 0.227 e. The molecule has 0 bridgehead atoms. The molecule has 0 saturated heterocycles. The van der Waals surface area contributed by atoms with E-state index in [4.69, 9.17) is 0 Å². The van der Waals surface area contributed by atoms with E-state index >= 15 is 0 Å². The topological polar surface area (TPSA) is 45.2 Å². The van der Waals surface area contributed by atoms with Gasteiger partial charge in [-0.3, -0.25) is 14.7 Å². The molecule has 0 atom stereocenters. The lowest BCUT2D eigenvalue weighted by atomic mass is 9.88. The number of nitrogens with one attached hydrogen (secondary N) is 1. The molecule has 1 aliphatic carbocycles. The number of hydrogen-bond donors (Lipinski definition) is 1. The fourth-order valence-corrected chi connectivity index (χ4v) is 4.24. The maximum atomic E-state index is 12.6. The van der Waals surface area contributed by atoms with Crippen molar-refractivity contribution in [2.24, 2.45) is 5.92 Å². The molecule has 1 amide bonds. The van der Waals surface area contributed by atoms with Gasteiger partial charge in [0.15, 0.2) is 0 Å². The fraction of sp³-hybridized carbons (Fsp3) is 0.455. The van der Waals surface area contributed by atoms with Crippen molar-refractivity contribution in [1.29, 1.82) is 0 Å². The Morgan fingerprint density at radius 1 is 1.12 bits per heavy atom. The van der Waals surface area contributed by atoms with E-state index in [0.717, 1.165) is 44.6 Å². The highest BCUT2D eigenvalue weighted by molar-refractivity contribution is 5.93. The quantitative estimate of drug-likeness (QED) is 0.901. The van der Waals surface area contributed by atoms with E-state index in [1.54, 1.807) is 0 Å². The van der Waals surface area contributed by atoms with Crippen LogP contribution in [0.25, 0.3) is 0 Å². The minimum atomic E-state index is 0.178. The van der Waals surface area contributed by atoms with Gasteiger partial charge in [0.1, 0.15) is 0 Å². The second-order valence-electron chi connectivity index (χ2n) is 7.60. The van der Waals surface area contributed by atoms with Crippen LogP contribution in [-0.4, -0.2) is 22.3 Å². The molecule has 1 aliphatic heterocycles. The molecule has 4 nitrogen and oxygen atoms in total. The summed E-state index contributed by atoms with van der Waals surface area (Å²) in [6, 6.07) is 10.6. The van der Waals surface area contributed by atoms with Crippen molar-refractivity contribution in [3.05, 3.63) is 59.4 Å². The largest absolute Gasteiger partial charge is 0.324 e. The summed E-state index contributed by atoms with van der Waals surface area (Å²) in [7, 11) is 0. The first kappa shape index (κ1) is 17.2. The maximum Gasteiger partial charge on any atom is 0.227 e. The van der Waals surface area contributed by atoms with Gasteiger partial charge < -0.3 is 5.32 Å². The number of rotatable bonds is 4. The highest BCUT2D eigenvalue weighted by atomic mass is 16.1. The molecule has 2 aromatic rings. The Kier molecular flexibility index (Phi) is 5.30. The molecule has 2 heterocycles. The first-order valence-corrected chi connectivity index (χ1v) is 9.82. The van der Waals surface area contributed by atoms with Gasteiger partial charge in [-0.15, -0.1) is 0 Å². The van der Waals surface area contributed by atoms with Crippen molar-refractivity contribution in [2.45, 2.75) is 51.6 Å². The summed E-state index contributed by atoms with van der Waals surface area (Å²) in [5.41, 5.74) is 4.78. The molecule has 1 aromatic carbocycles. The number of anilines is 1. The Morgan fingerprint density at radius 3 is 2.73 bits per heavy atom. The molecule has 4 heteroatoms. The first-order valence-electron chi connectivity index (χ1n) is 9.82. The van der Waals surface area contributed by atoms with E-state index in [-0.39, 0.29) is 11.8 Å². The average molecular weight is 349 g/mol. The van der Waals surface area contributed by atoms with Crippen molar-refractivity contribution >= 4 is 11.6 Å². The average Bonchev–Trinajstić information content (AvgIpc) is 2.69. The van der Waals surface area contributed by atoms with E-state index < -0.39 is 0 Å². The second-order valence-corrected chi connectivity index (χ2v) is 7.60. The van der Waals surface area contributed by atoms with Gasteiger partial charge in [-0.2, -0.15) is 0 Å². The first-order chi connectivity index (χ1) is 12.8. The molecular formula is C22H27N3O. The Bertz CT molecular complexity index is 753. The summed E-state index contributed by atoms with van der Waals surface area (Å²) in [6.45, 7) is 2.86. The molecule has 1 fully saturated rings. The number of aromatic nitrogens is 1. The van der Waals surface area contributed by atoms with E-state index in [1.807, 2.05) is 12.4 Å². The van der Waals surface area contributed by atoms with Gasteiger partial charge in [-0.25, -0.2) is 0 Å². The third-order valence-electron chi connectivity index (χ3n) is 5.70.